The van der Waals surface area contributed by atoms with Gasteiger partial charge in [0.25, 0.3) is 5.91 Å². The van der Waals surface area contributed by atoms with Gasteiger partial charge in [-0.05, 0) is 23.8 Å². The van der Waals surface area contributed by atoms with Crippen molar-refractivity contribution in [3.63, 3.8) is 0 Å². The molecule has 2 aromatic rings. The maximum absolute atomic E-state index is 13.1. The number of amides is 1. The zero-order valence-corrected chi connectivity index (χ0v) is 11.4. The molecule has 0 atom stereocenters. The molecule has 0 saturated carbocycles. The van der Waals surface area contributed by atoms with Crippen LogP contribution in [-0.4, -0.2) is 29.9 Å². The van der Waals surface area contributed by atoms with Gasteiger partial charge in [-0.2, -0.15) is 0 Å². The summed E-state index contributed by atoms with van der Waals surface area (Å²) in [7, 11) is 3.42. The predicted molar refractivity (Wildman–Crippen MR) is 76.0 cm³/mol. The number of nitrogens with zero attached hydrogens (tertiary/aromatic N) is 2. The Hall–Kier alpha value is -2.43. The summed E-state index contributed by atoms with van der Waals surface area (Å²) in [5.74, 6) is -0.441. The smallest absolute Gasteiger partial charge is 0.256 e. The Morgan fingerprint density at radius 1 is 1.40 bits per heavy atom. The first kappa shape index (κ1) is 14.0. The van der Waals surface area contributed by atoms with Gasteiger partial charge in [-0.25, -0.2) is 4.39 Å². The van der Waals surface area contributed by atoms with Crippen LogP contribution in [0.2, 0.25) is 0 Å². The van der Waals surface area contributed by atoms with Crippen LogP contribution in [0.15, 0.2) is 42.7 Å². The van der Waals surface area contributed by atoms with Crippen LogP contribution in [0, 0.1) is 5.82 Å². The number of carbonyl (C=O) groups is 1. The minimum absolute atomic E-state index is 0.138. The molecule has 20 heavy (non-hydrogen) atoms. The highest BCUT2D eigenvalue weighted by Gasteiger charge is 2.15. The predicted octanol–water partition coefficient (Wildman–Crippen LogP) is 2.53. The summed E-state index contributed by atoms with van der Waals surface area (Å²) in [5, 5.41) is 2.93. The van der Waals surface area contributed by atoms with Crippen LogP contribution in [0.4, 0.5) is 10.1 Å². The molecule has 0 aliphatic rings. The van der Waals surface area contributed by atoms with E-state index in [2.05, 4.69) is 10.3 Å². The molecular weight excluding hydrogens is 257 g/mol. The van der Waals surface area contributed by atoms with Gasteiger partial charge in [-0.1, -0.05) is 12.1 Å². The minimum Gasteiger partial charge on any atom is -0.386 e. The zero-order valence-electron chi connectivity index (χ0n) is 11.4. The van der Waals surface area contributed by atoms with E-state index >= 15 is 0 Å². The number of benzene rings is 1. The van der Waals surface area contributed by atoms with Crippen molar-refractivity contribution in [1.82, 2.24) is 9.88 Å². The SMILES string of the molecule is CNc1cnccc1C(=O)N(C)Cc1cccc(F)c1. The van der Waals surface area contributed by atoms with Gasteiger partial charge in [0.05, 0.1) is 17.4 Å². The Bertz CT molecular complexity index is 616. The third-order valence-electron chi connectivity index (χ3n) is 2.98. The molecule has 4 nitrogen and oxygen atoms in total. The lowest BCUT2D eigenvalue weighted by Crippen LogP contribution is -2.27. The molecule has 1 heterocycles. The standard InChI is InChI=1S/C15H16FN3O/c1-17-14-9-18-7-6-13(14)15(20)19(2)10-11-4-3-5-12(16)8-11/h3-9,17H,10H2,1-2H3. The van der Waals surface area contributed by atoms with Crippen LogP contribution in [0.5, 0.6) is 0 Å². The second-order valence-corrected chi connectivity index (χ2v) is 4.46. The molecule has 5 heteroatoms. The van der Waals surface area contributed by atoms with Crippen molar-refractivity contribution in [3.8, 4) is 0 Å². The van der Waals surface area contributed by atoms with E-state index < -0.39 is 0 Å². The van der Waals surface area contributed by atoms with E-state index in [-0.39, 0.29) is 11.7 Å². The summed E-state index contributed by atoms with van der Waals surface area (Å²) in [4.78, 5) is 17.9. The van der Waals surface area contributed by atoms with E-state index in [1.54, 1.807) is 49.6 Å². The summed E-state index contributed by atoms with van der Waals surface area (Å²) in [6, 6.07) is 7.89. The van der Waals surface area contributed by atoms with E-state index in [0.717, 1.165) is 5.56 Å². The zero-order chi connectivity index (χ0) is 14.5. The maximum atomic E-state index is 13.1. The van der Waals surface area contributed by atoms with Gasteiger partial charge in [0, 0.05) is 26.8 Å². The van der Waals surface area contributed by atoms with E-state index in [1.807, 2.05) is 0 Å². The Morgan fingerprint density at radius 2 is 2.20 bits per heavy atom. The van der Waals surface area contributed by atoms with Gasteiger partial charge in [-0.3, -0.25) is 9.78 Å². The van der Waals surface area contributed by atoms with Crippen molar-refractivity contribution in [2.45, 2.75) is 6.54 Å². The molecular formula is C15H16FN3O. The largest absolute Gasteiger partial charge is 0.386 e. The monoisotopic (exact) mass is 273 g/mol. The highest BCUT2D eigenvalue weighted by molar-refractivity contribution is 5.99. The molecule has 104 valence electrons. The molecule has 0 bridgehead atoms. The molecule has 0 radical (unpaired) electrons. The van der Waals surface area contributed by atoms with E-state index in [0.29, 0.717) is 17.8 Å². The molecule has 0 spiro atoms. The average Bonchev–Trinajstić information content (AvgIpc) is 2.46. The van der Waals surface area contributed by atoms with Crippen molar-refractivity contribution in [2.24, 2.45) is 0 Å². The van der Waals surface area contributed by atoms with Gasteiger partial charge in [-0.15, -0.1) is 0 Å². The van der Waals surface area contributed by atoms with Crippen molar-refractivity contribution in [3.05, 3.63) is 59.7 Å². The summed E-state index contributed by atoms with van der Waals surface area (Å²) in [6.45, 7) is 0.349. The van der Waals surface area contributed by atoms with E-state index in [1.165, 1.54) is 12.1 Å². The highest BCUT2D eigenvalue weighted by Crippen LogP contribution is 2.16. The van der Waals surface area contributed by atoms with E-state index in [9.17, 15) is 9.18 Å². The first-order chi connectivity index (χ1) is 9.61. The van der Waals surface area contributed by atoms with Crippen LogP contribution < -0.4 is 5.32 Å². The number of nitrogens with one attached hydrogen (secondary N) is 1. The molecule has 0 unspecified atom stereocenters. The average molecular weight is 273 g/mol. The molecule has 1 N–H and O–H groups in total. The number of halogens is 1. The summed E-state index contributed by atoms with van der Waals surface area (Å²) in [5.41, 5.74) is 1.96. The first-order valence-electron chi connectivity index (χ1n) is 6.23. The minimum atomic E-state index is -0.303. The second kappa shape index (κ2) is 6.14. The molecule has 0 fully saturated rings. The normalized spacial score (nSPS) is 10.2. The molecule has 1 aromatic carbocycles. The number of rotatable bonds is 4. The Balaban J connectivity index is 2.16. The van der Waals surface area contributed by atoms with Crippen LogP contribution in [-0.2, 0) is 6.54 Å². The van der Waals surface area contributed by atoms with Crippen LogP contribution >= 0.6 is 0 Å². The van der Waals surface area contributed by atoms with Crippen molar-refractivity contribution in [2.75, 3.05) is 19.4 Å². The quantitative estimate of drug-likeness (QED) is 0.931. The molecule has 0 aliphatic heterocycles. The van der Waals surface area contributed by atoms with Gasteiger partial charge in [0.1, 0.15) is 5.82 Å². The Labute approximate surface area is 117 Å². The topological polar surface area (TPSA) is 45.2 Å². The third-order valence-corrected chi connectivity index (χ3v) is 2.98. The fourth-order valence-corrected chi connectivity index (χ4v) is 1.97. The molecule has 1 amide bonds. The number of anilines is 1. The van der Waals surface area contributed by atoms with Crippen molar-refractivity contribution >= 4 is 11.6 Å². The summed E-state index contributed by atoms with van der Waals surface area (Å²) < 4.78 is 13.1. The number of hydrogen-bond donors (Lipinski definition) is 1. The van der Waals surface area contributed by atoms with Crippen molar-refractivity contribution in [1.29, 1.82) is 0 Å². The fraction of sp³-hybridized carbons (Fsp3) is 0.200. The summed E-state index contributed by atoms with van der Waals surface area (Å²) in [6.07, 6.45) is 3.17. The summed E-state index contributed by atoms with van der Waals surface area (Å²) >= 11 is 0. The molecule has 0 saturated heterocycles. The molecule has 0 aliphatic carbocycles. The maximum Gasteiger partial charge on any atom is 0.256 e. The van der Waals surface area contributed by atoms with E-state index in [4.69, 9.17) is 0 Å². The lowest BCUT2D eigenvalue weighted by atomic mass is 10.1. The lowest BCUT2D eigenvalue weighted by molar-refractivity contribution is 0.0786. The second-order valence-electron chi connectivity index (χ2n) is 4.46. The Morgan fingerprint density at radius 3 is 2.90 bits per heavy atom. The number of carbonyl (C=O) groups excluding carboxylic acids is 1. The van der Waals surface area contributed by atoms with Gasteiger partial charge < -0.3 is 10.2 Å². The number of aromatic nitrogens is 1. The fourth-order valence-electron chi connectivity index (χ4n) is 1.97. The molecule has 2 rings (SSSR count). The van der Waals surface area contributed by atoms with Crippen LogP contribution in [0.3, 0.4) is 0 Å². The van der Waals surface area contributed by atoms with Crippen LogP contribution in [0.1, 0.15) is 15.9 Å². The lowest BCUT2D eigenvalue weighted by Gasteiger charge is -2.19. The number of pyridine rings is 1. The van der Waals surface area contributed by atoms with Gasteiger partial charge in [0.15, 0.2) is 0 Å². The Kier molecular flexibility index (Phi) is 4.30. The third kappa shape index (κ3) is 3.12. The highest BCUT2D eigenvalue weighted by atomic mass is 19.1. The van der Waals surface area contributed by atoms with Crippen LogP contribution in [0.25, 0.3) is 0 Å². The van der Waals surface area contributed by atoms with Crippen molar-refractivity contribution < 1.29 is 9.18 Å². The number of hydrogen-bond acceptors (Lipinski definition) is 3. The van der Waals surface area contributed by atoms with Gasteiger partial charge in [0.2, 0.25) is 0 Å². The molecule has 1 aromatic heterocycles. The first-order valence-corrected chi connectivity index (χ1v) is 6.23. The van der Waals surface area contributed by atoms with Gasteiger partial charge >= 0.3 is 0 Å².